The lowest BCUT2D eigenvalue weighted by molar-refractivity contribution is -0.127. The summed E-state index contributed by atoms with van der Waals surface area (Å²) in [6.07, 6.45) is 4.19. The van der Waals surface area contributed by atoms with Crippen molar-refractivity contribution in [1.82, 2.24) is 0 Å². The van der Waals surface area contributed by atoms with Crippen LogP contribution in [0, 0.1) is 5.92 Å². The fourth-order valence-corrected chi connectivity index (χ4v) is 3.18. The van der Waals surface area contributed by atoms with Crippen molar-refractivity contribution in [1.29, 1.82) is 0 Å². The lowest BCUT2D eigenvalue weighted by Gasteiger charge is -2.21. The van der Waals surface area contributed by atoms with Gasteiger partial charge in [0.25, 0.3) is 0 Å². The van der Waals surface area contributed by atoms with E-state index in [9.17, 15) is 24.9 Å². The Kier molecular flexibility index (Phi) is 8.77. The molecule has 1 aliphatic rings. The Labute approximate surface area is 176 Å². The summed E-state index contributed by atoms with van der Waals surface area (Å²) in [7, 11) is 0. The number of phenols is 1. The summed E-state index contributed by atoms with van der Waals surface area (Å²) in [5.74, 6) is -1.86. The Hall–Kier alpha value is -2.48. The molecule has 1 aromatic rings. The highest BCUT2D eigenvalue weighted by Gasteiger charge is 2.25. The predicted octanol–water partition coefficient (Wildman–Crippen LogP) is 2.15. The van der Waals surface area contributed by atoms with Gasteiger partial charge in [0.05, 0.1) is 6.10 Å². The third-order valence-electron chi connectivity index (χ3n) is 5.29. The molecule has 7 heteroatoms. The Morgan fingerprint density at radius 2 is 1.83 bits per heavy atom. The molecular weight excluding hydrogens is 388 g/mol. The number of phenolic OH excluding ortho intramolecular Hbond substituents is 1. The van der Waals surface area contributed by atoms with E-state index in [4.69, 9.17) is 9.84 Å². The third kappa shape index (κ3) is 6.01. The van der Waals surface area contributed by atoms with E-state index in [2.05, 4.69) is 0 Å². The molecule has 1 aliphatic heterocycles. The molecule has 0 spiro atoms. The van der Waals surface area contributed by atoms with Gasteiger partial charge >= 0.3 is 5.97 Å². The number of aliphatic hydroxyl groups excluding tert-OH is 3. The van der Waals surface area contributed by atoms with E-state index in [1.54, 1.807) is 32.1 Å². The Morgan fingerprint density at radius 1 is 1.10 bits per heavy atom. The van der Waals surface area contributed by atoms with Gasteiger partial charge in [-0.2, -0.15) is 0 Å². The zero-order chi connectivity index (χ0) is 22.3. The van der Waals surface area contributed by atoms with Crippen LogP contribution in [0.1, 0.15) is 54.6 Å². The maximum atomic E-state index is 12.9. The van der Waals surface area contributed by atoms with Crippen molar-refractivity contribution in [2.45, 2.75) is 57.8 Å². The molecule has 7 nitrogen and oxygen atoms in total. The number of hydrogen-bond donors (Lipinski definition) is 4. The molecule has 0 fully saturated rings. The van der Waals surface area contributed by atoms with Crippen LogP contribution in [0.25, 0.3) is 6.08 Å². The number of ketones is 1. The van der Waals surface area contributed by atoms with E-state index in [-0.39, 0.29) is 30.3 Å². The van der Waals surface area contributed by atoms with Gasteiger partial charge in [-0.05, 0) is 55.9 Å². The predicted molar refractivity (Wildman–Crippen MR) is 112 cm³/mol. The van der Waals surface area contributed by atoms with Crippen molar-refractivity contribution in [2.75, 3.05) is 6.61 Å². The van der Waals surface area contributed by atoms with Gasteiger partial charge in [-0.15, -0.1) is 0 Å². The monoisotopic (exact) mass is 418 g/mol. The van der Waals surface area contributed by atoms with E-state index in [0.717, 1.165) is 5.56 Å². The Morgan fingerprint density at radius 3 is 2.53 bits per heavy atom. The molecule has 0 saturated heterocycles. The number of hydrogen-bond acceptors (Lipinski definition) is 7. The molecule has 0 aliphatic carbocycles. The molecule has 0 saturated carbocycles. The maximum absolute atomic E-state index is 12.9. The van der Waals surface area contributed by atoms with Crippen molar-refractivity contribution in [3.05, 3.63) is 47.1 Å². The van der Waals surface area contributed by atoms with E-state index >= 15 is 0 Å². The Bertz CT molecular complexity index is 812. The molecule has 164 valence electrons. The van der Waals surface area contributed by atoms with Crippen molar-refractivity contribution in [3.8, 4) is 5.75 Å². The van der Waals surface area contributed by atoms with Crippen LogP contribution < -0.4 is 0 Å². The zero-order valence-electron chi connectivity index (χ0n) is 17.3. The number of aliphatic hydroxyl groups is 3. The van der Waals surface area contributed by atoms with Crippen molar-refractivity contribution in [3.63, 3.8) is 0 Å². The molecule has 0 bridgehead atoms. The normalized spacial score (nSPS) is 27.6. The van der Waals surface area contributed by atoms with Gasteiger partial charge in [0, 0.05) is 12.5 Å². The fourth-order valence-electron chi connectivity index (χ4n) is 3.18. The molecule has 2 rings (SSSR count). The summed E-state index contributed by atoms with van der Waals surface area (Å²) in [6, 6.07) is 3.15. The largest absolute Gasteiger partial charge is 0.507 e. The first-order valence-corrected chi connectivity index (χ1v) is 10.2. The van der Waals surface area contributed by atoms with Crippen LogP contribution in [0.2, 0.25) is 0 Å². The quantitative estimate of drug-likeness (QED) is 0.436. The third-order valence-corrected chi connectivity index (χ3v) is 5.29. The first-order chi connectivity index (χ1) is 14.3. The number of cyclic esters (lactones) is 1. The molecule has 0 aromatic heterocycles. The molecule has 30 heavy (non-hydrogen) atoms. The van der Waals surface area contributed by atoms with E-state index in [0.29, 0.717) is 24.8 Å². The van der Waals surface area contributed by atoms with E-state index in [1.807, 2.05) is 0 Å². The van der Waals surface area contributed by atoms with E-state index in [1.165, 1.54) is 18.2 Å². The number of rotatable bonds is 4. The minimum atomic E-state index is -1.56. The smallest absolute Gasteiger partial charge is 0.342 e. The fraction of sp³-hybridized carbons (Fsp3) is 0.478. The first-order valence-electron chi connectivity index (χ1n) is 10.2. The average Bonchev–Trinajstić information content (AvgIpc) is 2.71. The van der Waals surface area contributed by atoms with Gasteiger partial charge in [0.2, 0.25) is 0 Å². The number of aryl methyl sites for hydroxylation is 1. The molecule has 4 atom stereocenters. The van der Waals surface area contributed by atoms with Crippen LogP contribution in [0.4, 0.5) is 0 Å². The van der Waals surface area contributed by atoms with Gasteiger partial charge in [0.1, 0.15) is 23.5 Å². The highest BCUT2D eigenvalue weighted by Crippen LogP contribution is 2.29. The highest BCUT2D eigenvalue weighted by molar-refractivity contribution is 5.97. The average molecular weight is 418 g/mol. The lowest BCUT2D eigenvalue weighted by Crippen LogP contribution is -2.32. The maximum Gasteiger partial charge on any atom is 0.342 e. The van der Waals surface area contributed by atoms with Crippen LogP contribution in [-0.2, 0) is 16.0 Å². The number of carbonyl (C=O) groups is 2. The number of carbonyl (C=O) groups excluding carboxylic acids is 2. The lowest BCUT2D eigenvalue weighted by atomic mass is 9.94. The van der Waals surface area contributed by atoms with Crippen molar-refractivity contribution >= 4 is 17.8 Å². The molecule has 0 amide bonds. The van der Waals surface area contributed by atoms with Crippen molar-refractivity contribution < 1.29 is 34.8 Å². The minimum absolute atomic E-state index is 0.0209. The number of aromatic hydroxyl groups is 1. The van der Waals surface area contributed by atoms with Crippen LogP contribution in [-0.4, -0.2) is 57.1 Å². The summed E-state index contributed by atoms with van der Waals surface area (Å²) in [5, 5.41) is 39.6. The van der Waals surface area contributed by atoms with Gasteiger partial charge < -0.3 is 25.2 Å². The number of ether oxygens (including phenoxy) is 1. The molecule has 1 heterocycles. The summed E-state index contributed by atoms with van der Waals surface area (Å²) >= 11 is 0. The molecule has 4 N–H and O–H groups in total. The standard InChI is InChI=1S/C23H30O7/c1-14-9-11-20(27)22(28)19(26)8-5-7-17-16(6-3-4-13-24)10-12-18(25)21(17)23(29)30-15(14)2/h5,7,9-12,14-15,19,22,24-26,28H,3-4,6,8,13H2,1-2H3/b7-5+,11-9-/t14-,15+,19+,22?/m1/s1. The summed E-state index contributed by atoms with van der Waals surface area (Å²) in [6.45, 7) is 3.48. The SMILES string of the molecule is C[C@@H]1/C=C\C(=O)C(O)[C@@H](O)C/C=C/c2c(CCCCO)ccc(O)c2C(=O)O[C@H]1C. The summed E-state index contributed by atoms with van der Waals surface area (Å²) in [5.41, 5.74) is 1.26. The molecule has 1 unspecified atom stereocenters. The Balaban J connectivity index is 2.50. The van der Waals surface area contributed by atoms with Crippen LogP contribution in [0.15, 0.2) is 30.4 Å². The van der Waals surface area contributed by atoms with Gasteiger partial charge in [-0.25, -0.2) is 4.79 Å². The number of unbranched alkanes of at least 4 members (excludes halogenated alkanes) is 1. The van der Waals surface area contributed by atoms with E-state index < -0.39 is 30.1 Å². The number of benzene rings is 1. The number of fused-ring (bicyclic) bond motifs is 1. The summed E-state index contributed by atoms with van der Waals surface area (Å²) in [4.78, 5) is 25.0. The highest BCUT2D eigenvalue weighted by atomic mass is 16.5. The number of esters is 1. The molecular formula is C23H30O7. The first kappa shape index (κ1) is 23.8. The van der Waals surface area contributed by atoms with Crippen LogP contribution in [0.3, 0.4) is 0 Å². The minimum Gasteiger partial charge on any atom is -0.507 e. The molecule has 1 aromatic carbocycles. The van der Waals surface area contributed by atoms with Gasteiger partial charge in [0.15, 0.2) is 5.78 Å². The second-order valence-corrected chi connectivity index (χ2v) is 7.59. The van der Waals surface area contributed by atoms with Gasteiger partial charge in [-0.3, -0.25) is 4.79 Å². The van der Waals surface area contributed by atoms with Gasteiger partial charge in [-0.1, -0.05) is 31.2 Å². The second kappa shape index (κ2) is 11.1. The van der Waals surface area contributed by atoms with Crippen LogP contribution in [0.5, 0.6) is 5.75 Å². The molecule has 0 radical (unpaired) electrons. The zero-order valence-corrected chi connectivity index (χ0v) is 17.3. The second-order valence-electron chi connectivity index (χ2n) is 7.59. The van der Waals surface area contributed by atoms with Crippen LogP contribution >= 0.6 is 0 Å². The topological polar surface area (TPSA) is 124 Å². The van der Waals surface area contributed by atoms with Crippen molar-refractivity contribution in [2.24, 2.45) is 5.92 Å². The summed E-state index contributed by atoms with van der Waals surface area (Å²) < 4.78 is 5.53.